The van der Waals surface area contributed by atoms with Crippen LogP contribution >= 0.6 is 11.6 Å². The van der Waals surface area contributed by atoms with Crippen LogP contribution in [0.4, 0.5) is 5.69 Å². The third-order valence-electron chi connectivity index (χ3n) is 4.93. The predicted molar refractivity (Wildman–Crippen MR) is 132 cm³/mol. The van der Waals surface area contributed by atoms with E-state index in [1.165, 1.54) is 35.9 Å². The molecule has 33 heavy (non-hydrogen) atoms. The maximum absolute atomic E-state index is 12.6. The number of aryl methyl sites for hydroxylation is 2. The molecule has 0 heterocycles. The Morgan fingerprint density at radius 2 is 1.70 bits per heavy atom. The second-order valence-corrected chi connectivity index (χ2v) is 9.70. The summed E-state index contributed by atoms with van der Waals surface area (Å²) in [6.45, 7) is 4.65. The van der Waals surface area contributed by atoms with Crippen molar-refractivity contribution in [1.29, 1.82) is 0 Å². The summed E-state index contributed by atoms with van der Waals surface area (Å²) in [5, 5.41) is 2.89. The van der Waals surface area contributed by atoms with Crippen LogP contribution in [0.5, 0.6) is 5.75 Å². The number of amides is 1. The number of nitrogens with one attached hydrogen (secondary N) is 2. The van der Waals surface area contributed by atoms with Gasteiger partial charge in [-0.3, -0.25) is 9.52 Å². The zero-order chi connectivity index (χ0) is 23.8. The highest BCUT2D eigenvalue weighted by atomic mass is 35.5. The second kappa shape index (κ2) is 11.2. The van der Waals surface area contributed by atoms with Crippen molar-refractivity contribution in [3.8, 4) is 5.75 Å². The fourth-order valence-corrected chi connectivity index (χ4v) is 4.50. The van der Waals surface area contributed by atoms with Gasteiger partial charge in [0.25, 0.3) is 15.9 Å². The molecule has 0 aliphatic rings. The monoisotopic (exact) mass is 486 g/mol. The zero-order valence-corrected chi connectivity index (χ0v) is 20.2. The standard InChI is InChI=1S/C25H27ClN2O4S/c1-3-4-19-7-10-21(11-8-19)32-16-15-27-25(29)20-9-14-24(23(26)17-20)28-33(30,31)22-12-5-18(2)6-13-22/h5-14,17,28H,3-4,15-16H2,1-2H3,(H,27,29). The first-order valence-electron chi connectivity index (χ1n) is 10.7. The summed E-state index contributed by atoms with van der Waals surface area (Å²) in [7, 11) is -3.79. The number of hydrogen-bond acceptors (Lipinski definition) is 4. The summed E-state index contributed by atoms with van der Waals surface area (Å²) in [6, 6.07) is 18.8. The number of hydrogen-bond donors (Lipinski definition) is 2. The fraction of sp³-hybridized carbons (Fsp3) is 0.240. The Balaban J connectivity index is 1.53. The lowest BCUT2D eigenvalue weighted by Gasteiger charge is -2.12. The van der Waals surface area contributed by atoms with Crippen molar-refractivity contribution in [1.82, 2.24) is 5.32 Å². The molecule has 3 aromatic rings. The maximum Gasteiger partial charge on any atom is 0.261 e. The maximum atomic E-state index is 12.6. The SMILES string of the molecule is CCCc1ccc(OCCNC(=O)c2ccc(NS(=O)(=O)c3ccc(C)cc3)c(Cl)c2)cc1. The van der Waals surface area contributed by atoms with Gasteiger partial charge < -0.3 is 10.1 Å². The van der Waals surface area contributed by atoms with E-state index in [2.05, 4.69) is 17.0 Å². The molecule has 0 saturated heterocycles. The molecule has 8 heteroatoms. The second-order valence-electron chi connectivity index (χ2n) is 7.61. The van der Waals surface area contributed by atoms with E-state index in [1.54, 1.807) is 12.1 Å². The molecule has 0 bridgehead atoms. The Hall–Kier alpha value is -3.03. The summed E-state index contributed by atoms with van der Waals surface area (Å²) in [5.41, 5.74) is 2.74. The Kier molecular flexibility index (Phi) is 8.36. The van der Waals surface area contributed by atoms with E-state index < -0.39 is 10.0 Å². The molecule has 0 radical (unpaired) electrons. The van der Waals surface area contributed by atoms with Crippen LogP contribution in [0.1, 0.15) is 34.8 Å². The molecule has 0 aliphatic carbocycles. The highest BCUT2D eigenvalue weighted by molar-refractivity contribution is 7.92. The van der Waals surface area contributed by atoms with E-state index in [4.69, 9.17) is 16.3 Å². The fourth-order valence-electron chi connectivity index (χ4n) is 3.14. The van der Waals surface area contributed by atoms with E-state index in [-0.39, 0.29) is 21.5 Å². The van der Waals surface area contributed by atoms with Crippen LogP contribution in [0.3, 0.4) is 0 Å². The average molecular weight is 487 g/mol. The molecule has 3 rings (SSSR count). The normalized spacial score (nSPS) is 11.1. The number of sulfonamides is 1. The number of carbonyl (C=O) groups excluding carboxylic acids is 1. The van der Waals surface area contributed by atoms with Crippen LogP contribution in [0.25, 0.3) is 0 Å². The summed E-state index contributed by atoms with van der Waals surface area (Å²) < 4.78 is 33.2. The molecule has 0 aliphatic heterocycles. The molecule has 0 spiro atoms. The van der Waals surface area contributed by atoms with Crippen molar-refractivity contribution >= 4 is 33.2 Å². The van der Waals surface area contributed by atoms with Gasteiger partial charge in [-0.15, -0.1) is 0 Å². The van der Waals surface area contributed by atoms with Crippen LogP contribution in [-0.2, 0) is 16.4 Å². The summed E-state index contributed by atoms with van der Waals surface area (Å²) in [6.07, 6.45) is 2.13. The third kappa shape index (κ3) is 6.97. The molecule has 6 nitrogen and oxygen atoms in total. The number of ether oxygens (including phenoxy) is 1. The highest BCUT2D eigenvalue weighted by Crippen LogP contribution is 2.26. The van der Waals surface area contributed by atoms with Crippen LogP contribution in [0, 0.1) is 6.92 Å². The largest absolute Gasteiger partial charge is 0.492 e. The average Bonchev–Trinajstić information content (AvgIpc) is 2.79. The van der Waals surface area contributed by atoms with E-state index >= 15 is 0 Å². The van der Waals surface area contributed by atoms with Gasteiger partial charge in [0.05, 0.1) is 22.2 Å². The van der Waals surface area contributed by atoms with Crippen molar-refractivity contribution in [2.24, 2.45) is 0 Å². The molecule has 0 fully saturated rings. The summed E-state index contributed by atoms with van der Waals surface area (Å²) in [4.78, 5) is 12.5. The first-order chi connectivity index (χ1) is 15.8. The van der Waals surface area contributed by atoms with Crippen molar-refractivity contribution < 1.29 is 17.9 Å². The minimum atomic E-state index is -3.79. The molecule has 2 N–H and O–H groups in total. The predicted octanol–water partition coefficient (Wildman–Crippen LogP) is 5.21. The highest BCUT2D eigenvalue weighted by Gasteiger charge is 2.16. The van der Waals surface area contributed by atoms with Crippen LogP contribution in [-0.4, -0.2) is 27.5 Å². The van der Waals surface area contributed by atoms with Gasteiger partial charge in [-0.05, 0) is 61.4 Å². The van der Waals surface area contributed by atoms with Gasteiger partial charge in [-0.25, -0.2) is 8.42 Å². The van der Waals surface area contributed by atoms with Crippen molar-refractivity contribution in [3.05, 3.63) is 88.4 Å². The third-order valence-corrected chi connectivity index (χ3v) is 6.62. The van der Waals surface area contributed by atoms with E-state index in [9.17, 15) is 13.2 Å². The van der Waals surface area contributed by atoms with Crippen molar-refractivity contribution in [3.63, 3.8) is 0 Å². The first-order valence-corrected chi connectivity index (χ1v) is 12.5. The van der Waals surface area contributed by atoms with Crippen LogP contribution in [0.15, 0.2) is 71.6 Å². The molecule has 0 saturated carbocycles. The Bertz CT molecular complexity index is 1190. The van der Waals surface area contributed by atoms with Gasteiger partial charge in [0, 0.05) is 5.56 Å². The Labute approximate surface area is 200 Å². The number of anilines is 1. The Morgan fingerprint density at radius 1 is 1.00 bits per heavy atom. The zero-order valence-electron chi connectivity index (χ0n) is 18.6. The van der Waals surface area contributed by atoms with Gasteiger partial charge in [0.2, 0.25) is 0 Å². The smallest absolute Gasteiger partial charge is 0.261 e. The van der Waals surface area contributed by atoms with Gasteiger partial charge in [0.1, 0.15) is 12.4 Å². The summed E-state index contributed by atoms with van der Waals surface area (Å²) in [5.74, 6) is 0.420. The lowest BCUT2D eigenvalue weighted by molar-refractivity contribution is 0.0947. The molecular formula is C25H27ClN2O4S. The molecule has 174 valence electrons. The summed E-state index contributed by atoms with van der Waals surface area (Å²) >= 11 is 6.24. The number of rotatable bonds is 10. The van der Waals surface area contributed by atoms with Crippen LogP contribution < -0.4 is 14.8 Å². The quantitative estimate of drug-likeness (QED) is 0.385. The lowest BCUT2D eigenvalue weighted by Crippen LogP contribution is -2.28. The number of carbonyl (C=O) groups is 1. The van der Waals surface area contributed by atoms with Gasteiger partial charge >= 0.3 is 0 Å². The van der Waals surface area contributed by atoms with Crippen LogP contribution in [0.2, 0.25) is 5.02 Å². The van der Waals surface area contributed by atoms with Crippen molar-refractivity contribution in [2.75, 3.05) is 17.9 Å². The van der Waals surface area contributed by atoms with Gasteiger partial charge in [-0.1, -0.05) is 54.8 Å². The lowest BCUT2D eigenvalue weighted by atomic mass is 10.1. The number of benzene rings is 3. The van der Waals surface area contributed by atoms with Gasteiger partial charge in [-0.2, -0.15) is 0 Å². The Morgan fingerprint density at radius 3 is 2.33 bits per heavy atom. The molecule has 0 unspecified atom stereocenters. The first kappa shape index (κ1) is 24.6. The number of halogens is 1. The van der Waals surface area contributed by atoms with E-state index in [1.807, 2.05) is 31.2 Å². The topological polar surface area (TPSA) is 84.5 Å². The molecule has 1 amide bonds. The molecule has 0 aromatic heterocycles. The van der Waals surface area contributed by atoms with E-state index in [0.29, 0.717) is 18.7 Å². The minimum Gasteiger partial charge on any atom is -0.492 e. The van der Waals surface area contributed by atoms with E-state index in [0.717, 1.165) is 24.2 Å². The molecular weight excluding hydrogens is 460 g/mol. The van der Waals surface area contributed by atoms with Gasteiger partial charge in [0.15, 0.2) is 0 Å². The minimum absolute atomic E-state index is 0.127. The molecule has 0 atom stereocenters. The van der Waals surface area contributed by atoms with Crippen molar-refractivity contribution in [2.45, 2.75) is 31.6 Å². The molecule has 3 aromatic carbocycles.